The predicted molar refractivity (Wildman–Crippen MR) is 43.0 cm³/mol. The van der Waals surface area contributed by atoms with Gasteiger partial charge in [0.25, 0.3) is 0 Å². The van der Waals surface area contributed by atoms with Crippen LogP contribution in [-0.2, 0) is 16.2 Å². The standard InChI is InChI=1S/C7H5F3NO2S/c8-7(9,10)5-3-1-2-4-6(5)14(11,12)13/h1-4H,(H-,11,12,13)/q-1. The molecule has 0 spiro atoms. The first-order chi connectivity index (χ1) is 6.23. The van der Waals surface area contributed by atoms with E-state index in [0.29, 0.717) is 6.07 Å². The zero-order valence-corrected chi connectivity index (χ0v) is 7.48. The zero-order chi connectivity index (χ0) is 11.0. The van der Waals surface area contributed by atoms with Crippen LogP contribution in [0.4, 0.5) is 13.2 Å². The van der Waals surface area contributed by atoms with Crippen LogP contribution in [0.15, 0.2) is 29.2 Å². The summed E-state index contributed by atoms with van der Waals surface area (Å²) in [5.41, 5.74) is -1.31. The highest BCUT2D eigenvalue weighted by Gasteiger charge is 2.34. The molecule has 0 radical (unpaired) electrons. The van der Waals surface area contributed by atoms with Crippen LogP contribution in [0.3, 0.4) is 0 Å². The van der Waals surface area contributed by atoms with Crippen LogP contribution in [0.2, 0.25) is 0 Å². The lowest BCUT2D eigenvalue weighted by Gasteiger charge is -2.13. The summed E-state index contributed by atoms with van der Waals surface area (Å²) in [4.78, 5) is -1.02. The number of hydrogen-bond acceptors (Lipinski definition) is 2. The van der Waals surface area contributed by atoms with Crippen molar-refractivity contribution in [3.8, 4) is 0 Å². The van der Waals surface area contributed by atoms with E-state index in [4.69, 9.17) is 5.14 Å². The Balaban J connectivity index is 3.47. The van der Waals surface area contributed by atoms with Gasteiger partial charge in [0.15, 0.2) is 0 Å². The molecule has 0 saturated carbocycles. The maximum absolute atomic E-state index is 12.2. The van der Waals surface area contributed by atoms with Gasteiger partial charge in [-0.2, -0.15) is 13.2 Å². The molecule has 0 bridgehead atoms. The van der Waals surface area contributed by atoms with Crippen molar-refractivity contribution >= 4 is 10.0 Å². The Morgan fingerprint density at radius 2 is 1.64 bits per heavy atom. The summed E-state index contributed by atoms with van der Waals surface area (Å²) in [7, 11) is -4.59. The van der Waals surface area contributed by atoms with Gasteiger partial charge in [-0.3, -0.25) is 0 Å². The van der Waals surface area contributed by atoms with Gasteiger partial charge >= 0.3 is 6.18 Å². The Labute approximate surface area is 78.4 Å². The molecule has 0 aliphatic heterocycles. The van der Waals surface area contributed by atoms with Gasteiger partial charge in [-0.25, -0.2) is 8.42 Å². The molecule has 14 heavy (non-hydrogen) atoms. The molecule has 0 fully saturated rings. The lowest BCUT2D eigenvalue weighted by molar-refractivity contribution is -0.139. The minimum Gasteiger partial charge on any atom is -0.560 e. The molecule has 78 valence electrons. The fourth-order valence-electron chi connectivity index (χ4n) is 0.935. The fourth-order valence-corrected chi connectivity index (χ4v) is 1.67. The van der Waals surface area contributed by atoms with Crippen LogP contribution in [0.1, 0.15) is 5.56 Å². The Morgan fingerprint density at radius 3 is 2.00 bits per heavy atom. The van der Waals surface area contributed by atoms with E-state index >= 15 is 0 Å². The topological polar surface area (TPSA) is 57.9 Å². The molecular formula is C7H5F3NO2S-. The minimum atomic E-state index is -4.76. The normalized spacial score (nSPS) is 12.9. The van der Waals surface area contributed by atoms with Gasteiger partial charge in [0.05, 0.1) is 20.5 Å². The second kappa shape index (κ2) is 3.25. The second-order valence-electron chi connectivity index (χ2n) is 2.50. The van der Waals surface area contributed by atoms with E-state index in [-0.39, 0.29) is 0 Å². The van der Waals surface area contributed by atoms with E-state index in [1.165, 1.54) is 0 Å². The molecule has 1 N–H and O–H groups in total. The Morgan fingerprint density at radius 1 is 1.14 bits per heavy atom. The molecule has 0 heterocycles. The molecule has 0 aliphatic carbocycles. The summed E-state index contributed by atoms with van der Waals surface area (Å²) < 4.78 is 58.0. The maximum Gasteiger partial charge on any atom is 0.417 e. The third-order valence-corrected chi connectivity index (χ3v) is 2.42. The lowest BCUT2D eigenvalue weighted by atomic mass is 10.2. The van der Waals surface area contributed by atoms with Crippen LogP contribution in [0.5, 0.6) is 0 Å². The fraction of sp³-hybridized carbons (Fsp3) is 0.143. The highest BCUT2D eigenvalue weighted by molar-refractivity contribution is 7.93. The number of nitrogens with one attached hydrogen (secondary N) is 1. The quantitative estimate of drug-likeness (QED) is 0.735. The van der Waals surface area contributed by atoms with Crippen molar-refractivity contribution in [3.63, 3.8) is 0 Å². The molecule has 0 unspecified atom stereocenters. The highest BCUT2D eigenvalue weighted by Crippen LogP contribution is 2.34. The smallest absolute Gasteiger partial charge is 0.417 e. The molecule has 0 amide bonds. The summed E-state index contributed by atoms with van der Waals surface area (Å²) in [5, 5.41) is 6.57. The average Bonchev–Trinajstić information content (AvgIpc) is 2.01. The second-order valence-corrected chi connectivity index (χ2v) is 3.94. The van der Waals surface area contributed by atoms with E-state index in [0.717, 1.165) is 18.2 Å². The number of sulfonamides is 1. The summed E-state index contributed by atoms with van der Waals surface area (Å²) in [6.45, 7) is 0. The minimum absolute atomic E-state index is 0.626. The number of hydrogen-bond donors (Lipinski definition) is 0. The molecule has 0 atom stereocenters. The average molecular weight is 224 g/mol. The van der Waals surface area contributed by atoms with Crippen LogP contribution in [0.25, 0.3) is 5.14 Å². The van der Waals surface area contributed by atoms with Gasteiger partial charge in [0, 0.05) is 0 Å². The third kappa shape index (κ3) is 2.24. The van der Waals surface area contributed by atoms with Crippen molar-refractivity contribution in [2.24, 2.45) is 0 Å². The van der Waals surface area contributed by atoms with Crippen molar-refractivity contribution in [2.45, 2.75) is 11.1 Å². The van der Waals surface area contributed by atoms with Crippen molar-refractivity contribution in [1.82, 2.24) is 0 Å². The van der Waals surface area contributed by atoms with Gasteiger partial charge in [-0.05, 0) is 12.1 Å². The number of rotatable bonds is 1. The monoisotopic (exact) mass is 224 g/mol. The molecule has 1 aromatic rings. The SMILES string of the molecule is [NH-]S(=O)(=O)c1ccccc1C(F)(F)F. The van der Waals surface area contributed by atoms with Gasteiger partial charge in [0.1, 0.15) is 0 Å². The van der Waals surface area contributed by atoms with Crippen molar-refractivity contribution in [2.75, 3.05) is 0 Å². The van der Waals surface area contributed by atoms with E-state index in [1.807, 2.05) is 0 Å². The summed E-state index contributed by atoms with van der Waals surface area (Å²) in [5.74, 6) is 0. The van der Waals surface area contributed by atoms with Gasteiger partial charge < -0.3 is 5.14 Å². The molecule has 1 rings (SSSR count). The van der Waals surface area contributed by atoms with Crippen LogP contribution in [-0.4, -0.2) is 8.42 Å². The summed E-state index contributed by atoms with van der Waals surface area (Å²) in [6.07, 6.45) is -4.76. The number of benzene rings is 1. The molecule has 0 aromatic heterocycles. The lowest BCUT2D eigenvalue weighted by Crippen LogP contribution is -2.10. The van der Waals surface area contributed by atoms with E-state index in [2.05, 4.69) is 0 Å². The van der Waals surface area contributed by atoms with Gasteiger partial charge in [-0.15, -0.1) is 0 Å². The molecule has 3 nitrogen and oxygen atoms in total. The number of alkyl halides is 3. The Hall–Kier alpha value is -1.08. The van der Waals surface area contributed by atoms with Crippen molar-refractivity contribution < 1.29 is 21.6 Å². The first-order valence-electron chi connectivity index (χ1n) is 3.39. The van der Waals surface area contributed by atoms with E-state index in [9.17, 15) is 21.6 Å². The Kier molecular flexibility index (Phi) is 2.55. The van der Waals surface area contributed by atoms with Crippen LogP contribution < -0.4 is 0 Å². The predicted octanol–water partition coefficient (Wildman–Crippen LogP) is 2.45. The Bertz CT molecular complexity index is 438. The van der Waals surface area contributed by atoms with Gasteiger partial charge in [0.2, 0.25) is 0 Å². The van der Waals surface area contributed by atoms with Gasteiger partial charge in [-0.1, -0.05) is 12.1 Å². The third-order valence-electron chi connectivity index (χ3n) is 1.48. The first kappa shape index (κ1) is 11.0. The number of halogens is 3. The summed E-state index contributed by atoms with van der Waals surface area (Å²) in [6, 6.07) is 3.58. The van der Waals surface area contributed by atoms with E-state index in [1.54, 1.807) is 0 Å². The molecule has 1 aromatic carbocycles. The largest absolute Gasteiger partial charge is 0.560 e. The first-order valence-corrected chi connectivity index (χ1v) is 4.87. The highest BCUT2D eigenvalue weighted by atomic mass is 32.2. The molecular weight excluding hydrogens is 219 g/mol. The molecule has 7 heteroatoms. The maximum atomic E-state index is 12.2. The molecule has 0 saturated heterocycles. The van der Waals surface area contributed by atoms with Crippen molar-refractivity contribution in [1.29, 1.82) is 0 Å². The van der Waals surface area contributed by atoms with Crippen molar-refractivity contribution in [3.05, 3.63) is 35.0 Å². The summed E-state index contributed by atoms with van der Waals surface area (Å²) >= 11 is 0. The van der Waals surface area contributed by atoms with Crippen LogP contribution in [0, 0.1) is 0 Å². The van der Waals surface area contributed by atoms with E-state index < -0.39 is 26.7 Å². The van der Waals surface area contributed by atoms with Crippen LogP contribution >= 0.6 is 0 Å². The zero-order valence-electron chi connectivity index (χ0n) is 6.67. The molecule has 0 aliphatic rings.